The molecule has 1 aromatic carbocycles. The number of ether oxygens (including phenoxy) is 1. The molecule has 0 atom stereocenters. The third-order valence-electron chi connectivity index (χ3n) is 2.53. The van der Waals surface area contributed by atoms with Gasteiger partial charge in [0.25, 0.3) is 0 Å². The summed E-state index contributed by atoms with van der Waals surface area (Å²) in [6.07, 6.45) is 3.88. The summed E-state index contributed by atoms with van der Waals surface area (Å²) >= 11 is 5.70. The van der Waals surface area contributed by atoms with Gasteiger partial charge >= 0.3 is 0 Å². The van der Waals surface area contributed by atoms with Crippen molar-refractivity contribution in [3.05, 3.63) is 30.0 Å². The van der Waals surface area contributed by atoms with E-state index in [1.165, 1.54) is 10.9 Å². The van der Waals surface area contributed by atoms with Gasteiger partial charge in [0.15, 0.2) is 0 Å². The van der Waals surface area contributed by atoms with E-state index in [0.717, 1.165) is 24.1 Å². The number of alkyl halides is 1. The molecular formula is C12H14ClNO. The predicted octanol–water partition coefficient (Wildman–Crippen LogP) is 3.35. The standard InChI is InChI=1S/C12H14ClNO/c1-15-12-8-9-4-6-14-11(9)7-10(12)3-2-5-13/h4,6-8,14H,2-3,5H2,1H3. The fourth-order valence-corrected chi connectivity index (χ4v) is 1.90. The number of fused-ring (bicyclic) bond motifs is 1. The summed E-state index contributed by atoms with van der Waals surface area (Å²) in [6.45, 7) is 0. The third kappa shape index (κ3) is 2.10. The maximum Gasteiger partial charge on any atom is 0.122 e. The molecule has 1 aromatic heterocycles. The molecule has 0 unspecified atom stereocenters. The molecule has 0 radical (unpaired) electrons. The maximum absolute atomic E-state index is 5.70. The van der Waals surface area contributed by atoms with Gasteiger partial charge in [0, 0.05) is 23.0 Å². The molecule has 0 aliphatic heterocycles. The van der Waals surface area contributed by atoms with Crippen LogP contribution in [0.4, 0.5) is 0 Å². The van der Waals surface area contributed by atoms with Crippen molar-refractivity contribution in [3.8, 4) is 5.75 Å². The Kier molecular flexibility index (Phi) is 3.17. The Morgan fingerprint density at radius 2 is 2.27 bits per heavy atom. The number of hydrogen-bond donors (Lipinski definition) is 1. The van der Waals surface area contributed by atoms with Gasteiger partial charge in [-0.25, -0.2) is 0 Å². The Bertz CT molecular complexity index is 450. The van der Waals surface area contributed by atoms with Crippen molar-refractivity contribution in [1.29, 1.82) is 0 Å². The van der Waals surface area contributed by atoms with E-state index >= 15 is 0 Å². The maximum atomic E-state index is 5.70. The van der Waals surface area contributed by atoms with Crippen molar-refractivity contribution in [1.82, 2.24) is 4.98 Å². The lowest BCUT2D eigenvalue weighted by Gasteiger charge is -2.08. The van der Waals surface area contributed by atoms with Crippen molar-refractivity contribution in [3.63, 3.8) is 0 Å². The number of aryl methyl sites for hydroxylation is 1. The molecule has 3 heteroatoms. The molecule has 2 rings (SSSR count). The third-order valence-corrected chi connectivity index (χ3v) is 2.80. The van der Waals surface area contributed by atoms with Crippen LogP contribution in [-0.2, 0) is 6.42 Å². The number of hydrogen-bond acceptors (Lipinski definition) is 1. The second-order valence-electron chi connectivity index (χ2n) is 3.52. The van der Waals surface area contributed by atoms with Crippen LogP contribution in [-0.4, -0.2) is 18.0 Å². The van der Waals surface area contributed by atoms with E-state index < -0.39 is 0 Å². The summed E-state index contributed by atoms with van der Waals surface area (Å²) in [6, 6.07) is 6.25. The smallest absolute Gasteiger partial charge is 0.122 e. The van der Waals surface area contributed by atoms with Crippen LogP contribution in [0.15, 0.2) is 24.4 Å². The number of halogens is 1. The fraction of sp³-hybridized carbons (Fsp3) is 0.333. The van der Waals surface area contributed by atoms with Crippen LogP contribution in [0.2, 0.25) is 0 Å². The molecule has 2 aromatic rings. The van der Waals surface area contributed by atoms with Crippen molar-refractivity contribution in [2.24, 2.45) is 0 Å². The van der Waals surface area contributed by atoms with Crippen molar-refractivity contribution >= 4 is 22.5 Å². The first-order chi connectivity index (χ1) is 7.35. The summed E-state index contributed by atoms with van der Waals surface area (Å²) in [5.74, 6) is 1.64. The topological polar surface area (TPSA) is 25.0 Å². The first-order valence-electron chi connectivity index (χ1n) is 5.05. The molecule has 0 spiro atoms. The monoisotopic (exact) mass is 223 g/mol. The van der Waals surface area contributed by atoms with Crippen LogP contribution in [0.3, 0.4) is 0 Å². The highest BCUT2D eigenvalue weighted by Gasteiger charge is 2.05. The molecule has 2 nitrogen and oxygen atoms in total. The SMILES string of the molecule is COc1cc2cc[nH]c2cc1CCCCl. The Hall–Kier alpha value is -1.15. The molecular weight excluding hydrogens is 210 g/mol. The van der Waals surface area contributed by atoms with Crippen LogP contribution in [0.1, 0.15) is 12.0 Å². The molecule has 0 aliphatic rings. The zero-order valence-electron chi connectivity index (χ0n) is 8.72. The summed E-state index contributed by atoms with van der Waals surface area (Å²) in [5, 5.41) is 1.18. The molecule has 0 saturated heterocycles. The van der Waals surface area contributed by atoms with Gasteiger partial charge in [-0.3, -0.25) is 0 Å². The molecule has 0 aliphatic carbocycles. The largest absolute Gasteiger partial charge is 0.496 e. The quantitative estimate of drug-likeness (QED) is 0.791. The molecule has 0 amide bonds. The van der Waals surface area contributed by atoms with Gasteiger partial charge < -0.3 is 9.72 Å². The number of methoxy groups -OCH3 is 1. The molecule has 80 valence electrons. The van der Waals surface area contributed by atoms with E-state index in [-0.39, 0.29) is 0 Å². The molecule has 0 fully saturated rings. The highest BCUT2D eigenvalue weighted by Crippen LogP contribution is 2.26. The van der Waals surface area contributed by atoms with E-state index in [1.54, 1.807) is 7.11 Å². The molecule has 1 heterocycles. The average molecular weight is 224 g/mol. The van der Waals surface area contributed by atoms with Gasteiger partial charge in [-0.1, -0.05) is 0 Å². The number of H-pyrrole nitrogens is 1. The van der Waals surface area contributed by atoms with Crippen LogP contribution >= 0.6 is 11.6 Å². The van der Waals surface area contributed by atoms with Crippen LogP contribution < -0.4 is 4.74 Å². The predicted molar refractivity (Wildman–Crippen MR) is 63.9 cm³/mol. The van der Waals surface area contributed by atoms with Gasteiger partial charge in [0.1, 0.15) is 5.75 Å². The van der Waals surface area contributed by atoms with E-state index in [9.17, 15) is 0 Å². The lowest BCUT2D eigenvalue weighted by molar-refractivity contribution is 0.410. The Morgan fingerprint density at radius 3 is 3.00 bits per heavy atom. The second-order valence-corrected chi connectivity index (χ2v) is 3.90. The number of aromatic amines is 1. The van der Waals surface area contributed by atoms with Gasteiger partial charge in [0.05, 0.1) is 7.11 Å². The van der Waals surface area contributed by atoms with E-state index in [2.05, 4.69) is 17.1 Å². The van der Waals surface area contributed by atoms with Crippen molar-refractivity contribution < 1.29 is 4.74 Å². The number of aromatic nitrogens is 1. The zero-order chi connectivity index (χ0) is 10.7. The average Bonchev–Trinajstić information content (AvgIpc) is 2.71. The van der Waals surface area contributed by atoms with Gasteiger partial charge in [-0.2, -0.15) is 0 Å². The van der Waals surface area contributed by atoms with Crippen LogP contribution in [0.25, 0.3) is 10.9 Å². The lowest BCUT2D eigenvalue weighted by Crippen LogP contribution is -1.93. The Morgan fingerprint density at radius 1 is 1.40 bits per heavy atom. The zero-order valence-corrected chi connectivity index (χ0v) is 9.47. The Balaban J connectivity index is 2.40. The van der Waals surface area contributed by atoms with E-state index in [1.807, 2.05) is 12.3 Å². The van der Waals surface area contributed by atoms with E-state index in [0.29, 0.717) is 5.88 Å². The summed E-state index contributed by atoms with van der Waals surface area (Å²) in [7, 11) is 1.71. The van der Waals surface area contributed by atoms with Gasteiger partial charge in [-0.15, -0.1) is 11.6 Å². The minimum Gasteiger partial charge on any atom is -0.496 e. The molecule has 0 bridgehead atoms. The van der Waals surface area contributed by atoms with Gasteiger partial charge in [-0.05, 0) is 36.6 Å². The van der Waals surface area contributed by atoms with Crippen LogP contribution in [0, 0.1) is 0 Å². The van der Waals surface area contributed by atoms with E-state index in [4.69, 9.17) is 16.3 Å². The first kappa shape index (κ1) is 10.4. The van der Waals surface area contributed by atoms with Crippen LogP contribution in [0.5, 0.6) is 5.75 Å². The van der Waals surface area contributed by atoms with Crippen molar-refractivity contribution in [2.75, 3.05) is 13.0 Å². The molecule has 1 N–H and O–H groups in total. The minimum absolute atomic E-state index is 0.686. The molecule has 0 saturated carbocycles. The normalized spacial score (nSPS) is 10.8. The Labute approximate surface area is 94.2 Å². The van der Waals surface area contributed by atoms with Crippen molar-refractivity contribution in [2.45, 2.75) is 12.8 Å². The highest BCUT2D eigenvalue weighted by atomic mass is 35.5. The summed E-state index contributed by atoms with van der Waals surface area (Å²) < 4.78 is 5.36. The fourth-order valence-electron chi connectivity index (χ4n) is 1.77. The first-order valence-corrected chi connectivity index (χ1v) is 5.58. The number of nitrogens with one attached hydrogen (secondary N) is 1. The lowest BCUT2D eigenvalue weighted by atomic mass is 10.1. The molecule has 15 heavy (non-hydrogen) atoms. The van der Waals surface area contributed by atoms with Gasteiger partial charge in [0.2, 0.25) is 0 Å². The summed E-state index contributed by atoms with van der Waals surface area (Å²) in [5.41, 5.74) is 2.37. The second kappa shape index (κ2) is 4.58. The number of rotatable bonds is 4. The highest BCUT2D eigenvalue weighted by molar-refractivity contribution is 6.17. The number of benzene rings is 1. The summed E-state index contributed by atoms with van der Waals surface area (Å²) in [4.78, 5) is 3.20. The minimum atomic E-state index is 0.686.